The molecule has 1 aliphatic carbocycles. The minimum Gasteiger partial charge on any atom is -0.506 e. The van der Waals surface area contributed by atoms with Crippen LogP contribution in [0.3, 0.4) is 0 Å². The van der Waals surface area contributed by atoms with Gasteiger partial charge in [-0.3, -0.25) is 14.4 Å². The van der Waals surface area contributed by atoms with E-state index in [0.29, 0.717) is 59.8 Å². The first kappa shape index (κ1) is 35.7. The Bertz CT molecular complexity index is 1850. The third-order valence-electron chi connectivity index (χ3n) is 9.29. The van der Waals surface area contributed by atoms with E-state index in [2.05, 4.69) is 20.9 Å². The Hall–Kier alpha value is -4.58. The number of nitrogens with one attached hydrogen (secondary N) is 4. The van der Waals surface area contributed by atoms with Crippen LogP contribution in [0, 0.1) is 0 Å². The molecule has 0 spiro atoms. The molecule has 1 saturated carbocycles. The van der Waals surface area contributed by atoms with Gasteiger partial charge in [-0.05, 0) is 60.6 Å². The Morgan fingerprint density at radius 2 is 1.86 bits per heavy atom. The third-order valence-corrected chi connectivity index (χ3v) is 9.60. The number of aliphatic hydroxyl groups excluding tert-OH is 1. The summed E-state index contributed by atoms with van der Waals surface area (Å²) >= 11 is 6.55. The zero-order valence-corrected chi connectivity index (χ0v) is 28.2. The van der Waals surface area contributed by atoms with Crippen molar-refractivity contribution in [3.63, 3.8) is 0 Å². The summed E-state index contributed by atoms with van der Waals surface area (Å²) in [7, 11) is 1.54. The molecule has 0 aliphatic heterocycles. The van der Waals surface area contributed by atoms with Gasteiger partial charge in [-0.1, -0.05) is 61.2 Å². The number of hydrogen-bond acceptors (Lipinski definition) is 8. The van der Waals surface area contributed by atoms with E-state index >= 15 is 0 Å². The number of aliphatic carboxylic acids is 1. The third kappa shape index (κ3) is 8.54. The van der Waals surface area contributed by atoms with Crippen LogP contribution in [-0.4, -0.2) is 58.9 Å². The normalized spacial score (nSPS) is 14.7. The number of aryl methyl sites for hydroxylation is 1. The lowest BCUT2D eigenvalue weighted by Crippen LogP contribution is -2.37. The molecule has 0 unspecified atom stereocenters. The minimum absolute atomic E-state index is 0.00906. The second-order valence-electron chi connectivity index (χ2n) is 12.5. The predicted octanol–water partition coefficient (Wildman–Crippen LogP) is 5.17. The Balaban J connectivity index is 1.09. The largest absolute Gasteiger partial charge is 0.506 e. The maximum absolute atomic E-state index is 12.6. The number of aromatic nitrogens is 1. The highest BCUT2D eigenvalue weighted by molar-refractivity contribution is 6.33. The molecule has 260 valence electrons. The first-order valence-corrected chi connectivity index (χ1v) is 16.9. The molecule has 1 aliphatic rings. The van der Waals surface area contributed by atoms with Crippen LogP contribution in [0.5, 0.6) is 11.5 Å². The number of aromatic hydroxyl groups is 1. The van der Waals surface area contributed by atoms with Crippen LogP contribution in [0.2, 0.25) is 5.02 Å². The van der Waals surface area contributed by atoms with E-state index in [1.54, 1.807) is 24.3 Å². The molecule has 12 heteroatoms. The van der Waals surface area contributed by atoms with Gasteiger partial charge in [-0.25, -0.2) is 0 Å². The Morgan fingerprint density at radius 3 is 2.61 bits per heavy atom. The van der Waals surface area contributed by atoms with Gasteiger partial charge in [0.05, 0.1) is 41.4 Å². The number of carboxylic acid groups (broad SMARTS) is 1. The van der Waals surface area contributed by atoms with Gasteiger partial charge in [-0.2, -0.15) is 0 Å². The molecule has 1 aromatic heterocycles. The molecule has 11 nitrogen and oxygen atoms in total. The van der Waals surface area contributed by atoms with Crippen LogP contribution < -0.4 is 26.2 Å². The minimum atomic E-state index is -0.925. The van der Waals surface area contributed by atoms with Crippen molar-refractivity contribution in [1.82, 2.24) is 15.6 Å². The number of ether oxygens (including phenoxy) is 1. The SMILES string of the molecule is COc1cc(NCC(=O)NCCCc2cccc(C3(C(=O)O)CCCCC3)c2)c(Cl)cc1CNC[C@H](O)c1ccc(O)c2[nH]c(=O)ccc12. The van der Waals surface area contributed by atoms with Gasteiger partial charge in [0.1, 0.15) is 11.5 Å². The van der Waals surface area contributed by atoms with Crippen LogP contribution in [0.4, 0.5) is 5.69 Å². The molecule has 5 rings (SSSR count). The summed E-state index contributed by atoms with van der Waals surface area (Å²) in [5.74, 6) is -0.472. The van der Waals surface area contributed by atoms with Gasteiger partial charge in [0, 0.05) is 42.7 Å². The van der Waals surface area contributed by atoms with Crippen LogP contribution in [-0.2, 0) is 28.0 Å². The van der Waals surface area contributed by atoms with E-state index < -0.39 is 17.5 Å². The van der Waals surface area contributed by atoms with Crippen molar-refractivity contribution in [2.24, 2.45) is 0 Å². The number of phenols is 1. The summed E-state index contributed by atoms with van der Waals surface area (Å²) in [5, 5.41) is 41.1. The number of anilines is 1. The van der Waals surface area contributed by atoms with Gasteiger partial charge in [0.25, 0.3) is 0 Å². The first-order valence-electron chi connectivity index (χ1n) is 16.5. The number of aliphatic hydroxyl groups is 1. The second kappa shape index (κ2) is 16.2. The van der Waals surface area contributed by atoms with Crippen molar-refractivity contribution in [2.75, 3.05) is 32.1 Å². The zero-order chi connectivity index (χ0) is 35.0. The predicted molar refractivity (Wildman–Crippen MR) is 190 cm³/mol. The number of carboxylic acids is 1. The highest BCUT2D eigenvalue weighted by Crippen LogP contribution is 2.40. The van der Waals surface area contributed by atoms with Gasteiger partial charge < -0.3 is 41.0 Å². The zero-order valence-electron chi connectivity index (χ0n) is 27.5. The number of carbonyl (C=O) groups is 2. The van der Waals surface area contributed by atoms with Crippen LogP contribution in [0.25, 0.3) is 10.9 Å². The van der Waals surface area contributed by atoms with Crippen LogP contribution in [0.15, 0.2) is 65.5 Å². The van der Waals surface area contributed by atoms with Gasteiger partial charge in [-0.15, -0.1) is 0 Å². The van der Waals surface area contributed by atoms with Crippen molar-refractivity contribution in [3.05, 3.63) is 98.3 Å². The number of H-pyrrole nitrogens is 1. The number of benzene rings is 3. The summed E-state index contributed by atoms with van der Waals surface area (Å²) < 4.78 is 5.56. The van der Waals surface area contributed by atoms with Gasteiger partial charge in [0.15, 0.2) is 0 Å². The number of phenolic OH excluding ortho intramolecular Hbond substituents is 1. The summed E-state index contributed by atoms with van der Waals surface area (Å²) in [4.78, 5) is 39.1. The van der Waals surface area contributed by atoms with Crippen molar-refractivity contribution < 1.29 is 29.6 Å². The van der Waals surface area contributed by atoms with E-state index in [1.165, 1.54) is 19.2 Å². The lowest BCUT2D eigenvalue weighted by molar-refractivity contribution is -0.145. The lowest BCUT2D eigenvalue weighted by atomic mass is 9.69. The van der Waals surface area contributed by atoms with E-state index in [1.807, 2.05) is 24.3 Å². The van der Waals surface area contributed by atoms with E-state index in [-0.39, 0.29) is 35.8 Å². The molecule has 0 saturated heterocycles. The molecule has 49 heavy (non-hydrogen) atoms. The average molecular weight is 691 g/mol. The summed E-state index contributed by atoms with van der Waals surface area (Å²) in [6.07, 6.45) is 4.77. The molecule has 3 aromatic carbocycles. The Labute approximate surface area is 289 Å². The lowest BCUT2D eigenvalue weighted by Gasteiger charge is -2.34. The summed E-state index contributed by atoms with van der Waals surface area (Å²) in [6, 6.07) is 17.3. The van der Waals surface area contributed by atoms with Crippen molar-refractivity contribution in [3.8, 4) is 11.5 Å². The first-order chi connectivity index (χ1) is 23.6. The number of amides is 1. The molecule has 1 amide bonds. The highest BCUT2D eigenvalue weighted by Gasteiger charge is 2.41. The fourth-order valence-electron chi connectivity index (χ4n) is 6.63. The Morgan fingerprint density at radius 1 is 1.06 bits per heavy atom. The second-order valence-corrected chi connectivity index (χ2v) is 12.9. The van der Waals surface area contributed by atoms with Crippen LogP contribution in [0.1, 0.15) is 66.9 Å². The average Bonchev–Trinajstić information content (AvgIpc) is 3.10. The molecular formula is C37H43ClN4O7. The monoisotopic (exact) mass is 690 g/mol. The summed E-state index contributed by atoms with van der Waals surface area (Å²) in [5.41, 5.74) is 2.88. The van der Waals surface area contributed by atoms with E-state index in [0.717, 1.165) is 42.4 Å². The number of aromatic amines is 1. The van der Waals surface area contributed by atoms with Crippen molar-refractivity contribution in [1.29, 1.82) is 0 Å². The molecule has 7 N–H and O–H groups in total. The van der Waals surface area contributed by atoms with E-state index in [4.69, 9.17) is 16.3 Å². The maximum atomic E-state index is 12.6. The fraction of sp³-hybridized carbons (Fsp3) is 0.378. The smallest absolute Gasteiger partial charge is 0.314 e. The quantitative estimate of drug-likeness (QED) is 0.0831. The standard InChI is InChI=1S/C37H43ClN4O7/c1-49-32-19-29(28(38)18-24(32)20-39-21-31(44)26-10-12-30(43)35-27(26)11-13-33(45)42-35)41-22-34(46)40-16-6-8-23-7-5-9-25(17-23)37(36(47)48)14-3-2-4-15-37/h5,7,9-13,17-19,31,39,41,43-44H,2-4,6,8,14-16,20-22H2,1H3,(H,40,46)(H,42,45)(H,47,48)/t31-/m0/s1. The van der Waals surface area contributed by atoms with Gasteiger partial charge in [0.2, 0.25) is 11.5 Å². The Kier molecular flexibility index (Phi) is 11.8. The van der Waals surface area contributed by atoms with Crippen molar-refractivity contribution >= 4 is 40.1 Å². The molecule has 1 atom stereocenters. The molecule has 0 radical (unpaired) electrons. The highest BCUT2D eigenvalue weighted by atomic mass is 35.5. The number of methoxy groups -OCH3 is 1. The number of rotatable bonds is 15. The van der Waals surface area contributed by atoms with Crippen molar-refractivity contribution in [2.45, 2.75) is 63.0 Å². The molecule has 1 fully saturated rings. The number of hydrogen-bond donors (Lipinski definition) is 7. The summed E-state index contributed by atoms with van der Waals surface area (Å²) in [6.45, 7) is 0.984. The number of fused-ring (bicyclic) bond motifs is 1. The topological polar surface area (TPSA) is 173 Å². The van der Waals surface area contributed by atoms with Gasteiger partial charge >= 0.3 is 5.97 Å². The molecule has 1 heterocycles. The fourth-order valence-corrected chi connectivity index (χ4v) is 6.88. The number of halogens is 1. The van der Waals surface area contributed by atoms with Crippen LogP contribution >= 0.6 is 11.6 Å². The number of carbonyl (C=O) groups excluding carboxylic acids is 1. The molecular weight excluding hydrogens is 648 g/mol. The molecule has 0 bridgehead atoms. The van der Waals surface area contributed by atoms with E-state index in [9.17, 15) is 29.7 Å². The maximum Gasteiger partial charge on any atom is 0.314 e. The number of pyridine rings is 1. The molecule has 4 aromatic rings.